The summed E-state index contributed by atoms with van der Waals surface area (Å²) in [5, 5.41) is 3.20. The number of sulfone groups is 1. The van der Waals surface area contributed by atoms with Gasteiger partial charge < -0.3 is 14.8 Å². The lowest BCUT2D eigenvalue weighted by Crippen LogP contribution is -2.38. The van der Waals surface area contributed by atoms with Gasteiger partial charge in [0.15, 0.2) is 11.5 Å². The van der Waals surface area contributed by atoms with E-state index in [4.69, 9.17) is 9.47 Å². The monoisotopic (exact) mass is 333 g/mol. The molecule has 0 spiro atoms. The van der Waals surface area contributed by atoms with Crippen LogP contribution in [0, 0.1) is 0 Å². The first-order valence-electron chi connectivity index (χ1n) is 7.55. The Morgan fingerprint density at radius 2 is 1.87 bits per heavy atom. The first-order chi connectivity index (χ1) is 11.1. The van der Waals surface area contributed by atoms with E-state index in [9.17, 15) is 8.42 Å². The summed E-state index contributed by atoms with van der Waals surface area (Å²) in [6.45, 7) is 3.97. The lowest BCUT2D eigenvalue weighted by molar-refractivity contribution is 0.0904. The van der Waals surface area contributed by atoms with Crippen molar-refractivity contribution in [2.24, 2.45) is 0 Å². The lowest BCUT2D eigenvalue weighted by Gasteiger charge is -2.27. The van der Waals surface area contributed by atoms with E-state index in [-0.39, 0.29) is 15.9 Å². The zero-order chi connectivity index (χ0) is 16.3. The fraction of sp³-hybridized carbons (Fsp3) is 0.294. The van der Waals surface area contributed by atoms with Gasteiger partial charge in [-0.25, -0.2) is 8.42 Å². The molecule has 122 valence electrons. The first-order valence-corrected chi connectivity index (χ1v) is 9.04. The molecule has 2 aromatic carbocycles. The van der Waals surface area contributed by atoms with Crippen molar-refractivity contribution in [3.63, 3.8) is 0 Å². The van der Waals surface area contributed by atoms with Crippen LogP contribution in [-0.2, 0) is 9.84 Å². The third kappa shape index (κ3) is 3.33. The first kappa shape index (κ1) is 15.8. The highest BCUT2D eigenvalue weighted by Crippen LogP contribution is 2.35. The number of hydrogen-bond acceptors (Lipinski definition) is 5. The maximum Gasteiger partial charge on any atom is 0.206 e. The van der Waals surface area contributed by atoms with E-state index in [1.165, 1.54) is 6.07 Å². The summed E-state index contributed by atoms with van der Waals surface area (Å²) in [6, 6.07) is 13.1. The third-order valence-electron chi connectivity index (χ3n) is 3.62. The minimum atomic E-state index is -3.56. The van der Waals surface area contributed by atoms with Crippen LogP contribution in [0.15, 0.2) is 58.3 Å². The van der Waals surface area contributed by atoms with Crippen LogP contribution in [0.25, 0.3) is 0 Å². The van der Waals surface area contributed by atoms with Crippen LogP contribution in [-0.4, -0.2) is 34.2 Å². The highest BCUT2D eigenvalue weighted by molar-refractivity contribution is 7.91. The van der Waals surface area contributed by atoms with Gasteiger partial charge in [-0.2, -0.15) is 0 Å². The molecule has 0 bridgehead atoms. The van der Waals surface area contributed by atoms with E-state index < -0.39 is 9.84 Å². The molecule has 1 heterocycles. The van der Waals surface area contributed by atoms with Crippen molar-refractivity contribution in [1.29, 1.82) is 0 Å². The van der Waals surface area contributed by atoms with E-state index in [1.807, 2.05) is 6.92 Å². The van der Waals surface area contributed by atoms with Crippen molar-refractivity contribution < 1.29 is 17.9 Å². The molecule has 6 heteroatoms. The van der Waals surface area contributed by atoms with E-state index in [0.29, 0.717) is 24.7 Å². The Bertz CT molecular complexity index is 774. The van der Waals surface area contributed by atoms with Gasteiger partial charge in [-0.15, -0.1) is 0 Å². The summed E-state index contributed by atoms with van der Waals surface area (Å²) >= 11 is 0. The lowest BCUT2D eigenvalue weighted by atomic mass is 10.2. The Labute approximate surface area is 136 Å². The smallest absolute Gasteiger partial charge is 0.206 e. The van der Waals surface area contributed by atoms with Gasteiger partial charge in [0, 0.05) is 12.6 Å². The van der Waals surface area contributed by atoms with Crippen molar-refractivity contribution in [1.82, 2.24) is 5.32 Å². The third-order valence-corrected chi connectivity index (χ3v) is 5.39. The van der Waals surface area contributed by atoms with E-state index in [1.54, 1.807) is 42.5 Å². The van der Waals surface area contributed by atoms with Gasteiger partial charge in [0.05, 0.1) is 9.79 Å². The quantitative estimate of drug-likeness (QED) is 0.909. The van der Waals surface area contributed by atoms with Crippen LogP contribution in [0.2, 0.25) is 0 Å². The number of ether oxygens (including phenoxy) is 2. The van der Waals surface area contributed by atoms with Crippen molar-refractivity contribution in [2.75, 3.05) is 19.7 Å². The average Bonchev–Trinajstić information content (AvgIpc) is 2.60. The fourth-order valence-electron chi connectivity index (χ4n) is 2.40. The molecule has 23 heavy (non-hydrogen) atoms. The SMILES string of the molecule is CCNCC1COc2ccc(S(=O)(=O)c3ccccc3)cc2O1. The molecule has 3 rings (SSSR count). The number of nitrogens with one attached hydrogen (secondary N) is 1. The molecular formula is C17H19NO4S. The van der Waals surface area contributed by atoms with Gasteiger partial charge in [0.2, 0.25) is 9.84 Å². The van der Waals surface area contributed by atoms with Crippen LogP contribution in [0.4, 0.5) is 0 Å². The van der Waals surface area contributed by atoms with Crippen LogP contribution in [0.5, 0.6) is 11.5 Å². The minimum Gasteiger partial charge on any atom is -0.486 e. The normalized spacial score (nSPS) is 17.0. The molecule has 1 aliphatic rings. The van der Waals surface area contributed by atoms with E-state index in [2.05, 4.69) is 5.32 Å². The summed E-state index contributed by atoms with van der Waals surface area (Å²) < 4.78 is 36.8. The second kappa shape index (κ2) is 6.60. The largest absolute Gasteiger partial charge is 0.486 e. The maximum absolute atomic E-state index is 12.7. The highest BCUT2D eigenvalue weighted by atomic mass is 32.2. The zero-order valence-electron chi connectivity index (χ0n) is 12.9. The van der Waals surface area contributed by atoms with Gasteiger partial charge in [0.1, 0.15) is 12.7 Å². The molecule has 1 unspecified atom stereocenters. The predicted molar refractivity (Wildman–Crippen MR) is 86.8 cm³/mol. The van der Waals surface area contributed by atoms with Crippen LogP contribution in [0.1, 0.15) is 6.92 Å². The zero-order valence-corrected chi connectivity index (χ0v) is 13.7. The van der Waals surface area contributed by atoms with E-state index in [0.717, 1.165) is 6.54 Å². The Kier molecular flexibility index (Phi) is 4.54. The molecule has 0 aromatic heterocycles. The number of fused-ring (bicyclic) bond motifs is 1. The molecule has 1 N–H and O–H groups in total. The molecule has 1 aliphatic heterocycles. The summed E-state index contributed by atoms with van der Waals surface area (Å²) in [6.07, 6.45) is -0.128. The highest BCUT2D eigenvalue weighted by Gasteiger charge is 2.24. The predicted octanol–water partition coefficient (Wildman–Crippen LogP) is 2.27. The minimum absolute atomic E-state index is 0.128. The van der Waals surface area contributed by atoms with Crippen LogP contribution in [0.3, 0.4) is 0 Å². The summed E-state index contributed by atoms with van der Waals surface area (Å²) in [7, 11) is -3.56. The summed E-state index contributed by atoms with van der Waals surface area (Å²) in [5.41, 5.74) is 0. The number of rotatable bonds is 5. The summed E-state index contributed by atoms with van der Waals surface area (Å²) in [5.74, 6) is 1.04. The van der Waals surface area contributed by atoms with Crippen LogP contribution < -0.4 is 14.8 Å². The maximum atomic E-state index is 12.7. The Balaban J connectivity index is 1.89. The van der Waals surface area contributed by atoms with Gasteiger partial charge in [0.25, 0.3) is 0 Å². The number of hydrogen-bond donors (Lipinski definition) is 1. The Hall–Kier alpha value is -2.05. The molecule has 1 atom stereocenters. The molecule has 0 saturated carbocycles. The molecule has 0 radical (unpaired) electrons. The summed E-state index contributed by atoms with van der Waals surface area (Å²) in [4.78, 5) is 0.469. The fourth-order valence-corrected chi connectivity index (χ4v) is 3.70. The Morgan fingerprint density at radius 3 is 2.61 bits per heavy atom. The van der Waals surface area contributed by atoms with Crippen molar-refractivity contribution in [2.45, 2.75) is 22.8 Å². The molecule has 0 fully saturated rings. The second-order valence-corrected chi connectivity index (χ2v) is 7.23. The molecule has 2 aromatic rings. The van der Waals surface area contributed by atoms with Gasteiger partial charge >= 0.3 is 0 Å². The average molecular weight is 333 g/mol. The van der Waals surface area contributed by atoms with Crippen molar-refractivity contribution in [3.8, 4) is 11.5 Å². The van der Waals surface area contributed by atoms with E-state index >= 15 is 0 Å². The second-order valence-electron chi connectivity index (χ2n) is 5.28. The standard InChI is InChI=1S/C17H19NO4S/c1-2-18-11-13-12-21-16-9-8-15(10-17(16)22-13)23(19,20)14-6-4-3-5-7-14/h3-10,13,18H,2,11-12H2,1H3. The number of likely N-dealkylation sites (N-methyl/N-ethyl adjacent to an activating group) is 1. The van der Waals surface area contributed by atoms with Crippen molar-refractivity contribution >= 4 is 9.84 Å². The van der Waals surface area contributed by atoms with Crippen LogP contribution >= 0.6 is 0 Å². The van der Waals surface area contributed by atoms with Gasteiger partial charge in [-0.3, -0.25) is 0 Å². The molecular weight excluding hydrogens is 314 g/mol. The molecule has 5 nitrogen and oxygen atoms in total. The van der Waals surface area contributed by atoms with Gasteiger partial charge in [-0.1, -0.05) is 25.1 Å². The molecule has 0 aliphatic carbocycles. The van der Waals surface area contributed by atoms with Crippen molar-refractivity contribution in [3.05, 3.63) is 48.5 Å². The molecule has 0 saturated heterocycles. The number of benzene rings is 2. The Morgan fingerprint density at radius 1 is 1.09 bits per heavy atom. The molecule has 0 amide bonds. The van der Waals surface area contributed by atoms with Gasteiger partial charge in [-0.05, 0) is 30.8 Å². The topological polar surface area (TPSA) is 64.6 Å².